The quantitative estimate of drug-likeness (QED) is 0.228. The van der Waals surface area contributed by atoms with Gasteiger partial charge in [0, 0.05) is 86.9 Å². The van der Waals surface area contributed by atoms with E-state index in [2.05, 4.69) is 20.1 Å². The van der Waals surface area contributed by atoms with Gasteiger partial charge in [-0.05, 0) is 74.4 Å². The van der Waals surface area contributed by atoms with Crippen LogP contribution in [0.4, 0.5) is 14.5 Å². The lowest BCUT2D eigenvalue weighted by Crippen LogP contribution is -2.54. The molecule has 14 heteroatoms. The summed E-state index contributed by atoms with van der Waals surface area (Å²) in [5.41, 5.74) is 2.40. The standard InChI is InChI=1S/C40H42F2N6O6/c41-40(42)47-33-7-12-43-21-32(33)29-4-2-26(20-35(29)47)54-28-18-27(19-28)53-25-10-13-45(14-11-25)22-23-8-15-46(16-9-23)24-1-3-30-31(17-24)39(52)48(38(30)51)34-5-6-36(49)44-37(34)50/h1-4,7,12,17,20-21,23,25,27-28,34,40H,5-6,8-11,13-16,18-19,22H2,(H,44,49,50)/t27-,28-,34?. The van der Waals surface area contributed by atoms with Crippen LogP contribution >= 0.6 is 0 Å². The zero-order valence-electron chi connectivity index (χ0n) is 29.8. The Morgan fingerprint density at radius 3 is 2.33 bits per heavy atom. The fourth-order valence-electron chi connectivity index (χ4n) is 8.97. The first-order valence-electron chi connectivity index (χ1n) is 19.0. The van der Waals surface area contributed by atoms with Crippen molar-refractivity contribution < 1.29 is 37.4 Å². The van der Waals surface area contributed by atoms with Crippen molar-refractivity contribution in [2.24, 2.45) is 5.92 Å². The van der Waals surface area contributed by atoms with Crippen LogP contribution in [0.15, 0.2) is 54.9 Å². The highest BCUT2D eigenvalue weighted by atomic mass is 19.3. The van der Waals surface area contributed by atoms with Crippen molar-refractivity contribution in [3.05, 3.63) is 66.0 Å². The number of carbonyl (C=O) groups is 4. The molecule has 3 saturated heterocycles. The van der Waals surface area contributed by atoms with Crippen molar-refractivity contribution in [1.29, 1.82) is 0 Å². The summed E-state index contributed by atoms with van der Waals surface area (Å²) in [6.45, 7) is 2.08. The molecule has 1 atom stereocenters. The Labute approximate surface area is 310 Å². The van der Waals surface area contributed by atoms with Crippen LogP contribution in [0.5, 0.6) is 5.75 Å². The summed E-state index contributed by atoms with van der Waals surface area (Å²) in [5, 5.41) is 3.67. The number of anilines is 1. The number of halogens is 2. The molecular weight excluding hydrogens is 698 g/mol. The summed E-state index contributed by atoms with van der Waals surface area (Å²) in [7, 11) is 0. The Morgan fingerprint density at radius 2 is 1.57 bits per heavy atom. The first-order valence-corrected chi connectivity index (χ1v) is 19.0. The Hall–Kier alpha value is -4.95. The molecule has 4 aliphatic heterocycles. The largest absolute Gasteiger partial charge is 0.490 e. The van der Waals surface area contributed by atoms with Gasteiger partial charge in [-0.25, -0.2) is 0 Å². The molecule has 0 spiro atoms. The van der Waals surface area contributed by atoms with Gasteiger partial charge >= 0.3 is 6.55 Å². The number of pyridine rings is 1. The summed E-state index contributed by atoms with van der Waals surface area (Å²) >= 11 is 0. The first kappa shape index (κ1) is 34.8. The Bertz CT molecular complexity index is 2140. The van der Waals surface area contributed by atoms with E-state index in [0.717, 1.165) is 91.8 Å². The molecule has 282 valence electrons. The zero-order valence-corrected chi connectivity index (χ0v) is 29.8. The third kappa shape index (κ3) is 6.38. The number of likely N-dealkylation sites (tertiary alicyclic amines) is 1. The van der Waals surface area contributed by atoms with Crippen molar-refractivity contribution in [3.8, 4) is 5.75 Å². The van der Waals surface area contributed by atoms with Gasteiger partial charge < -0.3 is 19.3 Å². The molecule has 12 nitrogen and oxygen atoms in total. The Balaban J connectivity index is 0.712. The van der Waals surface area contributed by atoms with Crippen molar-refractivity contribution in [1.82, 2.24) is 24.7 Å². The number of rotatable bonds is 9. The first-order chi connectivity index (χ1) is 26.2. The van der Waals surface area contributed by atoms with Crippen LogP contribution in [0.3, 0.4) is 0 Å². The number of fused-ring (bicyclic) bond motifs is 4. The van der Waals surface area contributed by atoms with Gasteiger partial charge in [0.25, 0.3) is 11.8 Å². The number of hydrogen-bond acceptors (Lipinski definition) is 9. The molecule has 0 radical (unpaired) electrons. The molecule has 2 aromatic heterocycles. The van der Waals surface area contributed by atoms with E-state index in [1.807, 2.05) is 18.2 Å². The maximum atomic E-state index is 14.0. The molecule has 1 aliphatic carbocycles. The highest BCUT2D eigenvalue weighted by molar-refractivity contribution is 6.23. The Morgan fingerprint density at radius 1 is 0.796 bits per heavy atom. The van der Waals surface area contributed by atoms with E-state index in [1.54, 1.807) is 30.5 Å². The SMILES string of the molecule is O=C1CCC(N2C(=O)c3ccc(N4CCC(CN5CCC(O[C@H]6C[C@H](Oc7ccc8c9cnccc9n(C(F)F)c8c7)C6)CC5)CC4)cc3C2=O)C(=O)N1. The van der Waals surface area contributed by atoms with E-state index in [4.69, 9.17) is 9.47 Å². The molecule has 9 rings (SSSR count). The lowest BCUT2D eigenvalue weighted by molar-refractivity contribution is -0.136. The average molecular weight is 741 g/mol. The molecule has 6 heterocycles. The number of benzene rings is 2. The minimum absolute atomic E-state index is 0.00300. The van der Waals surface area contributed by atoms with Crippen LogP contribution in [0, 0.1) is 5.92 Å². The van der Waals surface area contributed by atoms with Gasteiger partial charge in [0.15, 0.2) is 0 Å². The average Bonchev–Trinajstić information content (AvgIpc) is 3.61. The van der Waals surface area contributed by atoms with E-state index >= 15 is 0 Å². The summed E-state index contributed by atoms with van der Waals surface area (Å²) in [6, 6.07) is 11.4. The number of imide groups is 2. The second-order valence-electron chi connectivity index (χ2n) is 15.3. The molecule has 0 bridgehead atoms. The maximum absolute atomic E-state index is 14.0. The molecule has 1 saturated carbocycles. The number of aromatic nitrogens is 2. The molecular formula is C40H42F2N6O6. The zero-order chi connectivity index (χ0) is 37.1. The van der Waals surface area contributed by atoms with Gasteiger partial charge in [-0.3, -0.25) is 38.9 Å². The van der Waals surface area contributed by atoms with Crippen LogP contribution in [-0.2, 0) is 14.3 Å². The summed E-state index contributed by atoms with van der Waals surface area (Å²) in [5.74, 6) is -0.813. The van der Waals surface area contributed by atoms with E-state index in [1.165, 1.54) is 6.20 Å². The normalized spacial score (nSPS) is 24.5. The molecule has 54 heavy (non-hydrogen) atoms. The molecule has 1 N–H and O–H groups in total. The van der Waals surface area contributed by atoms with Crippen molar-refractivity contribution in [2.75, 3.05) is 37.6 Å². The summed E-state index contributed by atoms with van der Waals surface area (Å²) < 4.78 is 41.6. The number of nitrogens with one attached hydrogen (secondary N) is 1. The smallest absolute Gasteiger partial charge is 0.319 e. The number of ether oxygens (including phenoxy) is 2. The third-order valence-electron chi connectivity index (χ3n) is 12.0. The number of alkyl halides is 2. The monoisotopic (exact) mass is 740 g/mol. The van der Waals surface area contributed by atoms with Crippen LogP contribution < -0.4 is 15.0 Å². The summed E-state index contributed by atoms with van der Waals surface area (Å²) in [4.78, 5) is 60.3. The van der Waals surface area contributed by atoms with Crippen molar-refractivity contribution in [2.45, 2.75) is 82.3 Å². The predicted octanol–water partition coefficient (Wildman–Crippen LogP) is 5.29. The van der Waals surface area contributed by atoms with Gasteiger partial charge in [-0.2, -0.15) is 8.78 Å². The fourth-order valence-corrected chi connectivity index (χ4v) is 8.97. The lowest BCUT2D eigenvalue weighted by Gasteiger charge is -2.41. The lowest BCUT2D eigenvalue weighted by atomic mass is 9.91. The van der Waals surface area contributed by atoms with Gasteiger partial charge in [-0.1, -0.05) is 0 Å². The number of nitrogens with zero attached hydrogens (tertiary/aromatic N) is 5. The second kappa shape index (κ2) is 14.0. The van der Waals surface area contributed by atoms with E-state index < -0.39 is 36.2 Å². The molecule has 2 aromatic carbocycles. The number of carbonyl (C=O) groups excluding carboxylic acids is 4. The van der Waals surface area contributed by atoms with Gasteiger partial charge in [0.1, 0.15) is 17.9 Å². The van der Waals surface area contributed by atoms with Gasteiger partial charge in [0.05, 0.1) is 34.4 Å². The van der Waals surface area contributed by atoms with Crippen molar-refractivity contribution >= 4 is 51.1 Å². The van der Waals surface area contributed by atoms with Gasteiger partial charge in [0.2, 0.25) is 11.8 Å². The molecule has 5 aliphatic rings. The van der Waals surface area contributed by atoms with Crippen LogP contribution in [0.1, 0.15) is 78.6 Å². The number of hydrogen-bond donors (Lipinski definition) is 1. The second-order valence-corrected chi connectivity index (χ2v) is 15.3. The highest BCUT2D eigenvalue weighted by Gasteiger charge is 2.45. The number of amides is 4. The topological polar surface area (TPSA) is 126 Å². The summed E-state index contributed by atoms with van der Waals surface area (Å²) in [6.07, 6.45) is 9.34. The molecule has 1 unspecified atom stereocenters. The number of piperidine rings is 3. The van der Waals surface area contributed by atoms with Crippen molar-refractivity contribution in [3.63, 3.8) is 0 Å². The van der Waals surface area contributed by atoms with E-state index in [0.29, 0.717) is 39.2 Å². The van der Waals surface area contributed by atoms with Crippen LogP contribution in [0.2, 0.25) is 0 Å². The molecule has 4 aromatic rings. The van der Waals surface area contributed by atoms with Gasteiger partial charge in [-0.15, -0.1) is 0 Å². The third-order valence-corrected chi connectivity index (χ3v) is 12.0. The Kier molecular flexibility index (Phi) is 9.04. The highest BCUT2D eigenvalue weighted by Crippen LogP contribution is 2.37. The molecule has 4 fully saturated rings. The van der Waals surface area contributed by atoms with E-state index in [9.17, 15) is 28.0 Å². The van der Waals surface area contributed by atoms with Crippen LogP contribution in [0.25, 0.3) is 21.8 Å². The fraction of sp³-hybridized carbons (Fsp3) is 0.475. The minimum atomic E-state index is -2.67. The maximum Gasteiger partial charge on any atom is 0.319 e. The predicted molar refractivity (Wildman–Crippen MR) is 195 cm³/mol. The van der Waals surface area contributed by atoms with E-state index in [-0.39, 0.29) is 31.2 Å². The molecule has 4 amide bonds. The van der Waals surface area contributed by atoms with Crippen LogP contribution in [-0.4, -0.2) is 100 Å². The minimum Gasteiger partial charge on any atom is -0.490 e.